The maximum absolute atomic E-state index is 12.0. The molecule has 0 fully saturated rings. The molecule has 0 spiro atoms. The first-order valence-corrected chi connectivity index (χ1v) is 11.2. The predicted octanol–water partition coefficient (Wildman–Crippen LogP) is 4.82. The number of esters is 1. The summed E-state index contributed by atoms with van der Waals surface area (Å²) in [4.78, 5) is 25.7. The fourth-order valence-corrected chi connectivity index (χ4v) is 3.14. The molecule has 0 saturated carbocycles. The topological polar surface area (TPSA) is 77.1 Å². The first-order valence-electron chi connectivity index (χ1n) is 11.2. The fourth-order valence-electron chi connectivity index (χ4n) is 3.14. The molecule has 1 amide bonds. The zero-order valence-electron chi connectivity index (χ0n) is 19.5. The van der Waals surface area contributed by atoms with Crippen molar-refractivity contribution in [1.82, 2.24) is 10.2 Å². The molecule has 0 aliphatic heterocycles. The lowest BCUT2D eigenvalue weighted by Crippen LogP contribution is -2.26. The number of nitrogens with zero attached hydrogens (tertiary/aromatic N) is 1. The van der Waals surface area contributed by atoms with E-state index in [1.54, 1.807) is 12.1 Å². The van der Waals surface area contributed by atoms with E-state index in [-0.39, 0.29) is 0 Å². The summed E-state index contributed by atoms with van der Waals surface area (Å²) < 4.78 is 15.6. The van der Waals surface area contributed by atoms with Crippen molar-refractivity contribution in [2.45, 2.75) is 32.2 Å². The molecule has 0 heterocycles. The Hall–Kier alpha value is -3.32. The lowest BCUT2D eigenvalue weighted by Gasteiger charge is -2.13. The monoisotopic (exact) mass is 454 g/mol. The average molecular weight is 455 g/mol. The van der Waals surface area contributed by atoms with Crippen LogP contribution in [-0.4, -0.2) is 50.8 Å². The van der Waals surface area contributed by atoms with Gasteiger partial charge < -0.3 is 24.4 Å². The van der Waals surface area contributed by atoms with E-state index in [0.717, 1.165) is 37.2 Å². The lowest BCUT2D eigenvalue weighted by molar-refractivity contribution is 0.0600. The number of unbranched alkanes of at least 4 members (excludes halogenated alkanes) is 3. The number of methoxy groups -OCH3 is 1. The standard InChI is InChI=1S/C26H34N2O5/c1-4-17-28(2)18-7-5-6-8-19-32-23-13-9-21(10-14-23)20-27-26(30)33-24-15-11-22(12-16-24)25(29)31-3/h4,9-16H,1,5-8,17-20H2,2-3H3,(H,27,30). The average Bonchev–Trinajstić information content (AvgIpc) is 2.83. The third kappa shape index (κ3) is 10.2. The Balaban J connectivity index is 1.61. The highest BCUT2D eigenvalue weighted by atomic mass is 16.6. The minimum atomic E-state index is -0.572. The number of benzene rings is 2. The number of hydrogen-bond acceptors (Lipinski definition) is 6. The number of carbonyl (C=O) groups excluding carboxylic acids is 2. The van der Waals surface area contributed by atoms with Crippen LogP contribution >= 0.6 is 0 Å². The van der Waals surface area contributed by atoms with Gasteiger partial charge >= 0.3 is 12.1 Å². The van der Waals surface area contributed by atoms with Crippen LogP contribution in [0.25, 0.3) is 0 Å². The van der Waals surface area contributed by atoms with Crippen LogP contribution in [0, 0.1) is 0 Å². The van der Waals surface area contributed by atoms with Gasteiger partial charge in [-0.1, -0.05) is 31.1 Å². The molecule has 7 nitrogen and oxygen atoms in total. The summed E-state index contributed by atoms with van der Waals surface area (Å²) in [6.45, 7) is 6.81. The van der Waals surface area contributed by atoms with Crippen LogP contribution in [0.2, 0.25) is 0 Å². The van der Waals surface area contributed by atoms with Gasteiger partial charge in [-0.25, -0.2) is 9.59 Å². The summed E-state index contributed by atoms with van der Waals surface area (Å²) in [5, 5.41) is 2.70. The molecule has 0 aliphatic carbocycles. The van der Waals surface area contributed by atoms with Crippen LogP contribution in [0.15, 0.2) is 61.2 Å². The highest BCUT2D eigenvalue weighted by Gasteiger charge is 2.08. The molecule has 0 saturated heterocycles. The van der Waals surface area contributed by atoms with Crippen LogP contribution in [0.5, 0.6) is 11.5 Å². The molecule has 33 heavy (non-hydrogen) atoms. The third-order valence-electron chi connectivity index (χ3n) is 4.99. The Bertz CT molecular complexity index is 865. The van der Waals surface area contributed by atoms with Crippen LogP contribution in [0.4, 0.5) is 4.79 Å². The van der Waals surface area contributed by atoms with Gasteiger partial charge in [0.05, 0.1) is 19.3 Å². The molecule has 0 aromatic heterocycles. The number of ether oxygens (including phenoxy) is 3. The van der Waals surface area contributed by atoms with Crippen molar-refractivity contribution in [2.75, 3.05) is 33.9 Å². The molecule has 2 rings (SSSR count). The summed E-state index contributed by atoms with van der Waals surface area (Å²) in [7, 11) is 3.42. The number of nitrogens with one attached hydrogen (secondary N) is 1. The normalized spacial score (nSPS) is 10.5. The van der Waals surface area contributed by atoms with Gasteiger partial charge in [0.2, 0.25) is 0 Å². The van der Waals surface area contributed by atoms with Crippen molar-refractivity contribution in [3.05, 3.63) is 72.3 Å². The SMILES string of the molecule is C=CCN(C)CCCCCCOc1ccc(CNC(=O)Oc2ccc(C(=O)OC)cc2)cc1. The van der Waals surface area contributed by atoms with Gasteiger partial charge in [-0.3, -0.25) is 0 Å². The van der Waals surface area contributed by atoms with Crippen molar-refractivity contribution in [2.24, 2.45) is 0 Å². The highest BCUT2D eigenvalue weighted by Crippen LogP contribution is 2.15. The van der Waals surface area contributed by atoms with Crippen molar-refractivity contribution >= 4 is 12.1 Å². The fraction of sp³-hybridized carbons (Fsp3) is 0.385. The number of carbonyl (C=O) groups is 2. The Morgan fingerprint density at radius 3 is 2.30 bits per heavy atom. The zero-order chi connectivity index (χ0) is 23.9. The number of rotatable bonds is 14. The van der Waals surface area contributed by atoms with Crippen molar-refractivity contribution in [1.29, 1.82) is 0 Å². The predicted molar refractivity (Wildman–Crippen MR) is 129 cm³/mol. The first kappa shape index (κ1) is 25.9. The minimum absolute atomic E-state index is 0.333. The summed E-state index contributed by atoms with van der Waals surface area (Å²) >= 11 is 0. The van der Waals surface area contributed by atoms with E-state index in [1.807, 2.05) is 30.3 Å². The van der Waals surface area contributed by atoms with Gasteiger partial charge in [0.1, 0.15) is 11.5 Å². The molecular formula is C26H34N2O5. The Labute approximate surface area is 196 Å². The smallest absolute Gasteiger partial charge is 0.412 e. The largest absolute Gasteiger partial charge is 0.494 e. The van der Waals surface area contributed by atoms with Gasteiger partial charge in [-0.15, -0.1) is 6.58 Å². The molecule has 0 radical (unpaired) electrons. The second-order valence-electron chi connectivity index (χ2n) is 7.72. The quantitative estimate of drug-likeness (QED) is 0.251. The number of amides is 1. The molecule has 0 bridgehead atoms. The molecule has 0 atom stereocenters. The van der Waals surface area contributed by atoms with Gasteiger partial charge in [-0.05, 0) is 68.4 Å². The summed E-state index contributed by atoms with van der Waals surface area (Å²) in [5.74, 6) is 0.715. The van der Waals surface area contributed by atoms with Crippen molar-refractivity contribution in [3.8, 4) is 11.5 Å². The number of hydrogen-bond donors (Lipinski definition) is 1. The maximum atomic E-state index is 12.0. The lowest BCUT2D eigenvalue weighted by atomic mass is 10.2. The van der Waals surface area contributed by atoms with Crippen LogP contribution in [0.3, 0.4) is 0 Å². The van der Waals surface area contributed by atoms with E-state index >= 15 is 0 Å². The summed E-state index contributed by atoms with van der Waals surface area (Å²) in [5.41, 5.74) is 1.32. The minimum Gasteiger partial charge on any atom is -0.494 e. The van der Waals surface area contributed by atoms with Gasteiger partial charge in [0.15, 0.2) is 0 Å². The summed E-state index contributed by atoms with van der Waals surface area (Å²) in [6.07, 6.45) is 5.92. The molecule has 2 aromatic carbocycles. The Morgan fingerprint density at radius 2 is 1.64 bits per heavy atom. The van der Waals surface area contributed by atoms with E-state index in [0.29, 0.717) is 24.5 Å². The van der Waals surface area contributed by atoms with Gasteiger partial charge in [0.25, 0.3) is 0 Å². The Kier molecular flexibility index (Phi) is 11.5. The second kappa shape index (κ2) is 14.7. The van der Waals surface area contributed by atoms with Crippen molar-refractivity contribution < 1.29 is 23.8 Å². The van der Waals surface area contributed by atoms with Gasteiger partial charge in [-0.2, -0.15) is 0 Å². The van der Waals surface area contributed by atoms with E-state index < -0.39 is 12.1 Å². The zero-order valence-corrected chi connectivity index (χ0v) is 19.5. The molecule has 2 aromatic rings. The van der Waals surface area contributed by atoms with E-state index in [9.17, 15) is 9.59 Å². The van der Waals surface area contributed by atoms with E-state index in [2.05, 4.69) is 28.6 Å². The van der Waals surface area contributed by atoms with Crippen molar-refractivity contribution in [3.63, 3.8) is 0 Å². The first-order chi connectivity index (χ1) is 16.0. The van der Waals surface area contributed by atoms with Crippen LogP contribution in [-0.2, 0) is 11.3 Å². The molecule has 7 heteroatoms. The molecule has 1 N–H and O–H groups in total. The maximum Gasteiger partial charge on any atom is 0.412 e. The molecule has 178 valence electrons. The third-order valence-corrected chi connectivity index (χ3v) is 4.99. The van der Waals surface area contributed by atoms with Crippen LogP contribution < -0.4 is 14.8 Å². The number of likely N-dealkylation sites (N-methyl/N-ethyl adjacent to an activating group) is 1. The van der Waals surface area contributed by atoms with E-state index in [1.165, 1.54) is 32.1 Å². The highest BCUT2D eigenvalue weighted by molar-refractivity contribution is 5.89. The molecular weight excluding hydrogens is 420 g/mol. The molecule has 0 unspecified atom stereocenters. The molecule has 0 aliphatic rings. The second-order valence-corrected chi connectivity index (χ2v) is 7.72. The summed E-state index contributed by atoms with van der Waals surface area (Å²) in [6, 6.07) is 13.8. The van der Waals surface area contributed by atoms with Crippen LogP contribution in [0.1, 0.15) is 41.6 Å². The van der Waals surface area contributed by atoms with Gasteiger partial charge in [0, 0.05) is 13.1 Å². The van der Waals surface area contributed by atoms with E-state index in [4.69, 9.17) is 9.47 Å². The Morgan fingerprint density at radius 1 is 0.970 bits per heavy atom.